The maximum Gasteiger partial charge on any atom is 0.0713 e. The number of aromatic nitrogens is 1. The molecule has 2 aromatic carbocycles. The van der Waals surface area contributed by atoms with Crippen LogP contribution < -0.4 is 0 Å². The predicted molar refractivity (Wildman–Crippen MR) is 136 cm³/mol. The summed E-state index contributed by atoms with van der Waals surface area (Å²) >= 11 is 0. The molecule has 168 valence electrons. The smallest absolute Gasteiger partial charge is 0.0713 e. The standard InChI is InChI=1S/C30H38N2/c1-6-22-14-11-15-23(7-2)30(22)28-19-24(8-3)27(21(4)31-28)20-32(5)29-18-12-16-25-13-9-10-17-26(25)29/h9-11,13-15,17,19,29H,6-8,12,16,18,20H2,1-5H3/t29-/m0/s1. The molecule has 1 aliphatic carbocycles. The summed E-state index contributed by atoms with van der Waals surface area (Å²) in [6.07, 6.45) is 6.84. The molecule has 0 saturated carbocycles. The summed E-state index contributed by atoms with van der Waals surface area (Å²) in [7, 11) is 2.29. The van der Waals surface area contributed by atoms with Crippen LogP contribution in [0, 0.1) is 6.92 Å². The van der Waals surface area contributed by atoms with Crippen molar-refractivity contribution in [2.45, 2.75) is 78.8 Å². The highest BCUT2D eigenvalue weighted by atomic mass is 15.1. The summed E-state index contributed by atoms with van der Waals surface area (Å²) < 4.78 is 0. The van der Waals surface area contributed by atoms with E-state index in [9.17, 15) is 0 Å². The zero-order valence-corrected chi connectivity index (χ0v) is 20.5. The highest BCUT2D eigenvalue weighted by Gasteiger charge is 2.25. The largest absolute Gasteiger partial charge is 0.295 e. The Kier molecular flexibility index (Phi) is 7.10. The molecule has 0 aliphatic heterocycles. The van der Waals surface area contributed by atoms with Crippen molar-refractivity contribution in [1.82, 2.24) is 9.88 Å². The van der Waals surface area contributed by atoms with E-state index in [0.717, 1.165) is 31.5 Å². The van der Waals surface area contributed by atoms with Gasteiger partial charge in [-0.1, -0.05) is 63.2 Å². The fourth-order valence-electron chi connectivity index (χ4n) is 5.54. The molecule has 1 heterocycles. The van der Waals surface area contributed by atoms with Crippen LogP contribution in [0.4, 0.5) is 0 Å². The van der Waals surface area contributed by atoms with Crippen LogP contribution >= 0.6 is 0 Å². The Labute approximate surface area is 194 Å². The van der Waals surface area contributed by atoms with Gasteiger partial charge in [-0.05, 0) is 91.9 Å². The molecule has 0 N–H and O–H groups in total. The topological polar surface area (TPSA) is 16.1 Å². The van der Waals surface area contributed by atoms with Crippen LogP contribution in [0.5, 0.6) is 0 Å². The number of hydrogen-bond acceptors (Lipinski definition) is 2. The van der Waals surface area contributed by atoms with Gasteiger partial charge in [0.05, 0.1) is 5.69 Å². The van der Waals surface area contributed by atoms with Crippen LogP contribution in [0.3, 0.4) is 0 Å². The van der Waals surface area contributed by atoms with E-state index in [1.165, 1.54) is 63.9 Å². The molecule has 0 spiro atoms. The first-order valence-electron chi connectivity index (χ1n) is 12.5. The van der Waals surface area contributed by atoms with Crippen LogP contribution in [-0.4, -0.2) is 16.9 Å². The Balaban J connectivity index is 1.69. The molecule has 2 heteroatoms. The first kappa shape index (κ1) is 22.7. The number of hydrogen-bond donors (Lipinski definition) is 0. The molecule has 2 nitrogen and oxygen atoms in total. The number of nitrogens with zero attached hydrogens (tertiary/aromatic N) is 2. The zero-order chi connectivity index (χ0) is 22.7. The lowest BCUT2D eigenvalue weighted by Gasteiger charge is -2.34. The van der Waals surface area contributed by atoms with Gasteiger partial charge in [-0.2, -0.15) is 0 Å². The highest BCUT2D eigenvalue weighted by molar-refractivity contribution is 5.69. The van der Waals surface area contributed by atoms with E-state index in [1.807, 2.05) is 0 Å². The number of fused-ring (bicyclic) bond motifs is 1. The Morgan fingerprint density at radius 3 is 2.28 bits per heavy atom. The van der Waals surface area contributed by atoms with Crippen molar-refractivity contribution in [1.29, 1.82) is 0 Å². The van der Waals surface area contributed by atoms with Crippen molar-refractivity contribution in [3.05, 3.63) is 87.6 Å². The van der Waals surface area contributed by atoms with Crippen LogP contribution in [0.15, 0.2) is 48.5 Å². The number of benzene rings is 2. The van der Waals surface area contributed by atoms with Gasteiger partial charge in [-0.15, -0.1) is 0 Å². The summed E-state index contributed by atoms with van der Waals surface area (Å²) in [5, 5.41) is 0. The van der Waals surface area contributed by atoms with E-state index in [4.69, 9.17) is 4.98 Å². The Morgan fingerprint density at radius 2 is 1.59 bits per heavy atom. The second-order valence-electron chi connectivity index (χ2n) is 9.26. The minimum Gasteiger partial charge on any atom is -0.295 e. The molecule has 4 rings (SSSR count). The summed E-state index contributed by atoms with van der Waals surface area (Å²) in [5.41, 5.74) is 12.4. The lowest BCUT2D eigenvalue weighted by atomic mass is 9.86. The monoisotopic (exact) mass is 426 g/mol. The Hall–Kier alpha value is -2.45. The predicted octanol–water partition coefficient (Wildman–Crippen LogP) is 7.25. The molecular formula is C30H38N2. The average Bonchev–Trinajstić information content (AvgIpc) is 2.83. The number of pyridine rings is 1. The van der Waals surface area contributed by atoms with E-state index in [-0.39, 0.29) is 0 Å². The lowest BCUT2D eigenvalue weighted by Crippen LogP contribution is -2.28. The summed E-state index contributed by atoms with van der Waals surface area (Å²) in [5.74, 6) is 0. The van der Waals surface area contributed by atoms with E-state index < -0.39 is 0 Å². The fraction of sp³-hybridized carbons (Fsp3) is 0.433. The van der Waals surface area contributed by atoms with Gasteiger partial charge in [0.15, 0.2) is 0 Å². The van der Waals surface area contributed by atoms with E-state index in [1.54, 1.807) is 0 Å². The van der Waals surface area contributed by atoms with E-state index >= 15 is 0 Å². The van der Waals surface area contributed by atoms with Crippen LogP contribution in [0.25, 0.3) is 11.3 Å². The van der Waals surface area contributed by atoms with Crippen LogP contribution in [0.1, 0.15) is 78.7 Å². The molecule has 0 bridgehead atoms. The SMILES string of the molecule is CCc1cc(-c2c(CC)cccc2CC)nc(C)c1CN(C)[C@H]1CCCc2ccccc21. The third kappa shape index (κ3) is 4.38. The number of rotatable bonds is 7. The Bertz CT molecular complexity index is 1060. The zero-order valence-electron chi connectivity index (χ0n) is 20.5. The van der Waals surface area contributed by atoms with Crippen LogP contribution in [0.2, 0.25) is 0 Å². The maximum atomic E-state index is 5.19. The van der Waals surface area contributed by atoms with Gasteiger partial charge >= 0.3 is 0 Å². The summed E-state index contributed by atoms with van der Waals surface area (Å²) in [4.78, 5) is 7.74. The second kappa shape index (κ2) is 10.0. The number of aryl methyl sites for hydroxylation is 5. The van der Waals surface area contributed by atoms with Gasteiger partial charge in [-0.25, -0.2) is 0 Å². The van der Waals surface area contributed by atoms with Crippen molar-refractivity contribution < 1.29 is 0 Å². The molecule has 0 amide bonds. The molecule has 3 aromatic rings. The van der Waals surface area contributed by atoms with E-state index in [0.29, 0.717) is 6.04 Å². The average molecular weight is 427 g/mol. The molecule has 0 radical (unpaired) electrons. The van der Waals surface area contributed by atoms with Crippen molar-refractivity contribution >= 4 is 0 Å². The van der Waals surface area contributed by atoms with Gasteiger partial charge in [0.1, 0.15) is 0 Å². The molecule has 32 heavy (non-hydrogen) atoms. The van der Waals surface area contributed by atoms with Crippen LogP contribution in [-0.2, 0) is 32.2 Å². The van der Waals surface area contributed by atoms with Gasteiger partial charge in [0.2, 0.25) is 0 Å². The first-order valence-corrected chi connectivity index (χ1v) is 12.5. The quantitative estimate of drug-likeness (QED) is 0.395. The first-order chi connectivity index (χ1) is 15.6. The third-order valence-electron chi connectivity index (χ3n) is 7.34. The minimum absolute atomic E-state index is 0.497. The van der Waals surface area contributed by atoms with E-state index in [2.05, 4.69) is 88.2 Å². The normalized spacial score (nSPS) is 15.8. The van der Waals surface area contributed by atoms with Crippen molar-refractivity contribution in [2.24, 2.45) is 0 Å². The van der Waals surface area contributed by atoms with Crippen molar-refractivity contribution in [3.63, 3.8) is 0 Å². The maximum absolute atomic E-state index is 5.19. The minimum atomic E-state index is 0.497. The van der Waals surface area contributed by atoms with Gasteiger partial charge < -0.3 is 0 Å². The molecule has 1 aliphatic rings. The summed E-state index contributed by atoms with van der Waals surface area (Å²) in [6, 6.07) is 18.6. The fourth-order valence-corrected chi connectivity index (χ4v) is 5.54. The van der Waals surface area contributed by atoms with Crippen molar-refractivity contribution in [3.8, 4) is 11.3 Å². The lowest BCUT2D eigenvalue weighted by molar-refractivity contribution is 0.212. The second-order valence-corrected chi connectivity index (χ2v) is 9.26. The van der Waals surface area contributed by atoms with Gasteiger partial charge in [-0.3, -0.25) is 9.88 Å². The molecular weight excluding hydrogens is 388 g/mol. The molecule has 0 unspecified atom stereocenters. The van der Waals surface area contributed by atoms with Gasteiger partial charge in [0.25, 0.3) is 0 Å². The molecule has 1 aromatic heterocycles. The highest BCUT2D eigenvalue weighted by Crippen LogP contribution is 2.36. The summed E-state index contributed by atoms with van der Waals surface area (Å²) in [6.45, 7) is 9.94. The molecule has 1 atom stereocenters. The van der Waals surface area contributed by atoms with Crippen molar-refractivity contribution in [2.75, 3.05) is 7.05 Å². The van der Waals surface area contributed by atoms with Gasteiger partial charge in [0, 0.05) is 23.8 Å². The third-order valence-corrected chi connectivity index (χ3v) is 7.34. The Morgan fingerprint density at radius 1 is 0.906 bits per heavy atom. The molecule has 0 saturated heterocycles. The molecule has 0 fully saturated rings.